The van der Waals surface area contributed by atoms with Gasteiger partial charge < -0.3 is 0 Å². The molecule has 1 fully saturated rings. The maximum Gasteiger partial charge on any atom is 0.243 e. The largest absolute Gasteiger partial charge is 0.243 e. The van der Waals surface area contributed by atoms with Crippen molar-refractivity contribution in [2.45, 2.75) is 37.1 Å². The van der Waals surface area contributed by atoms with Crippen LogP contribution in [0.15, 0.2) is 23.2 Å². The highest BCUT2D eigenvalue weighted by molar-refractivity contribution is 7.89. The lowest BCUT2D eigenvalue weighted by Crippen LogP contribution is -2.27. The fraction of sp³-hybridized carbons (Fsp3) is 0.545. The number of nitrogens with zero attached hydrogens (tertiary/aromatic N) is 1. The third kappa shape index (κ3) is 2.97. The summed E-state index contributed by atoms with van der Waals surface area (Å²) in [5.74, 6) is 0.477. The van der Waals surface area contributed by atoms with Crippen molar-refractivity contribution in [1.29, 1.82) is 0 Å². The van der Waals surface area contributed by atoms with Crippen LogP contribution in [0.3, 0.4) is 0 Å². The highest BCUT2D eigenvalue weighted by atomic mass is 35.5. The Bertz CT molecular complexity index is 504. The number of nitrogens with one attached hydrogen (secondary N) is 1. The monoisotopic (exact) mass is 274 g/mol. The van der Waals surface area contributed by atoms with Gasteiger partial charge in [0.15, 0.2) is 0 Å². The van der Waals surface area contributed by atoms with Crippen LogP contribution in [0.2, 0.25) is 5.15 Å². The van der Waals surface area contributed by atoms with Crippen molar-refractivity contribution in [3.05, 3.63) is 23.5 Å². The predicted octanol–water partition coefficient (Wildman–Crippen LogP) is 2.20. The molecule has 1 aliphatic rings. The van der Waals surface area contributed by atoms with Crippen LogP contribution in [0.1, 0.15) is 26.2 Å². The first-order chi connectivity index (χ1) is 8.04. The van der Waals surface area contributed by atoms with Gasteiger partial charge >= 0.3 is 0 Å². The van der Waals surface area contributed by atoms with E-state index in [1.807, 2.05) is 0 Å². The van der Waals surface area contributed by atoms with Gasteiger partial charge in [-0.2, -0.15) is 0 Å². The second-order valence-electron chi connectivity index (χ2n) is 4.30. The van der Waals surface area contributed by atoms with E-state index in [2.05, 4.69) is 16.6 Å². The SMILES string of the molecule is CCCC1CC1NS(=O)(=O)c1cccnc1Cl. The van der Waals surface area contributed by atoms with Gasteiger partial charge in [0, 0.05) is 12.2 Å². The molecule has 1 heterocycles. The van der Waals surface area contributed by atoms with E-state index in [1.165, 1.54) is 12.3 Å². The highest BCUT2D eigenvalue weighted by Crippen LogP contribution is 2.36. The second-order valence-corrected chi connectivity index (χ2v) is 6.35. The van der Waals surface area contributed by atoms with Gasteiger partial charge in [-0.25, -0.2) is 18.1 Å². The lowest BCUT2D eigenvalue weighted by molar-refractivity contribution is 0.572. The summed E-state index contributed by atoms with van der Waals surface area (Å²) in [7, 11) is -3.52. The van der Waals surface area contributed by atoms with Crippen molar-refractivity contribution in [3.63, 3.8) is 0 Å². The summed E-state index contributed by atoms with van der Waals surface area (Å²) in [5, 5.41) is 0.0210. The quantitative estimate of drug-likeness (QED) is 0.838. The van der Waals surface area contributed by atoms with Crippen molar-refractivity contribution in [2.24, 2.45) is 5.92 Å². The molecule has 0 radical (unpaired) electrons. The molecular formula is C11H15ClN2O2S. The number of pyridine rings is 1. The molecule has 2 unspecified atom stereocenters. The van der Waals surface area contributed by atoms with Crippen LogP contribution < -0.4 is 4.72 Å². The molecule has 2 atom stereocenters. The third-order valence-electron chi connectivity index (χ3n) is 2.90. The summed E-state index contributed by atoms with van der Waals surface area (Å²) in [6.07, 6.45) is 4.54. The van der Waals surface area contributed by atoms with Gasteiger partial charge in [-0.15, -0.1) is 0 Å². The molecule has 1 saturated carbocycles. The van der Waals surface area contributed by atoms with Gasteiger partial charge in [0.05, 0.1) is 0 Å². The standard InChI is InChI=1S/C11H15ClN2O2S/c1-2-4-8-7-9(8)14-17(15,16)10-5-3-6-13-11(10)12/h3,5-6,8-9,14H,2,4,7H2,1H3. The molecule has 17 heavy (non-hydrogen) atoms. The van der Waals surface area contributed by atoms with Crippen molar-refractivity contribution >= 4 is 21.6 Å². The normalized spacial score (nSPS) is 23.6. The Morgan fingerprint density at radius 2 is 2.35 bits per heavy atom. The van der Waals surface area contributed by atoms with Crippen LogP contribution in [0.4, 0.5) is 0 Å². The van der Waals surface area contributed by atoms with Crippen LogP contribution in [-0.4, -0.2) is 19.4 Å². The molecule has 1 aromatic heterocycles. The maximum absolute atomic E-state index is 12.0. The average molecular weight is 275 g/mol. The number of halogens is 1. The van der Waals surface area contributed by atoms with E-state index in [4.69, 9.17) is 11.6 Å². The van der Waals surface area contributed by atoms with Crippen molar-refractivity contribution < 1.29 is 8.42 Å². The van der Waals surface area contributed by atoms with Gasteiger partial charge in [0.2, 0.25) is 10.0 Å². The molecule has 2 rings (SSSR count). The smallest absolute Gasteiger partial charge is 0.243 e. The maximum atomic E-state index is 12.0. The Morgan fingerprint density at radius 1 is 1.59 bits per heavy atom. The minimum Gasteiger partial charge on any atom is -0.243 e. The van der Waals surface area contributed by atoms with Crippen LogP contribution >= 0.6 is 11.6 Å². The molecule has 0 amide bonds. The zero-order valence-corrected chi connectivity index (χ0v) is 11.1. The van der Waals surface area contributed by atoms with E-state index in [0.29, 0.717) is 5.92 Å². The first-order valence-corrected chi connectivity index (χ1v) is 7.53. The molecule has 0 spiro atoms. The molecule has 1 N–H and O–H groups in total. The molecule has 4 nitrogen and oxygen atoms in total. The van der Waals surface area contributed by atoms with E-state index in [0.717, 1.165) is 19.3 Å². The third-order valence-corrected chi connectivity index (χ3v) is 4.84. The Kier molecular flexibility index (Phi) is 3.70. The summed E-state index contributed by atoms with van der Waals surface area (Å²) < 4.78 is 26.7. The second kappa shape index (κ2) is 4.92. The molecular weight excluding hydrogens is 260 g/mol. The topological polar surface area (TPSA) is 59.1 Å². The Morgan fingerprint density at radius 3 is 3.00 bits per heavy atom. The molecule has 0 aromatic carbocycles. The van der Waals surface area contributed by atoms with Crippen molar-refractivity contribution in [2.75, 3.05) is 0 Å². The van der Waals surface area contributed by atoms with E-state index < -0.39 is 10.0 Å². The van der Waals surface area contributed by atoms with Gasteiger partial charge in [0.1, 0.15) is 10.0 Å². The average Bonchev–Trinajstić information content (AvgIpc) is 2.96. The Balaban J connectivity index is 2.08. The fourth-order valence-electron chi connectivity index (χ4n) is 1.92. The van der Waals surface area contributed by atoms with E-state index in [1.54, 1.807) is 6.07 Å². The number of hydrogen-bond acceptors (Lipinski definition) is 3. The zero-order chi connectivity index (χ0) is 12.5. The van der Waals surface area contributed by atoms with Crippen LogP contribution in [-0.2, 0) is 10.0 Å². The van der Waals surface area contributed by atoms with Crippen molar-refractivity contribution in [1.82, 2.24) is 9.71 Å². The van der Waals surface area contributed by atoms with Gasteiger partial charge in [-0.1, -0.05) is 24.9 Å². The summed E-state index contributed by atoms with van der Waals surface area (Å²) in [6.45, 7) is 2.10. The van der Waals surface area contributed by atoms with Gasteiger partial charge in [-0.3, -0.25) is 0 Å². The number of hydrogen-bond donors (Lipinski definition) is 1. The summed E-state index contributed by atoms with van der Waals surface area (Å²) in [5.41, 5.74) is 0. The Hall–Kier alpha value is -0.650. The van der Waals surface area contributed by atoms with Crippen LogP contribution in [0.25, 0.3) is 0 Å². The predicted molar refractivity (Wildman–Crippen MR) is 66.4 cm³/mol. The molecule has 0 bridgehead atoms. The molecule has 94 valence electrons. The highest BCUT2D eigenvalue weighted by Gasteiger charge is 2.39. The first kappa shape index (κ1) is 12.8. The minimum atomic E-state index is -3.52. The molecule has 1 aromatic rings. The number of aromatic nitrogens is 1. The van der Waals surface area contributed by atoms with E-state index in [9.17, 15) is 8.42 Å². The van der Waals surface area contributed by atoms with Crippen LogP contribution in [0.5, 0.6) is 0 Å². The summed E-state index contributed by atoms with van der Waals surface area (Å²) in [4.78, 5) is 3.83. The first-order valence-electron chi connectivity index (χ1n) is 5.67. The van der Waals surface area contributed by atoms with Crippen molar-refractivity contribution in [3.8, 4) is 0 Å². The fourth-order valence-corrected chi connectivity index (χ4v) is 3.69. The van der Waals surface area contributed by atoms with Gasteiger partial charge in [0.25, 0.3) is 0 Å². The Labute approximate surface area is 106 Å². The minimum absolute atomic E-state index is 0.0210. The number of sulfonamides is 1. The molecule has 1 aliphatic carbocycles. The summed E-state index contributed by atoms with van der Waals surface area (Å²) in [6, 6.07) is 3.10. The van der Waals surface area contributed by atoms with Gasteiger partial charge in [-0.05, 0) is 30.9 Å². The number of rotatable bonds is 5. The summed E-state index contributed by atoms with van der Waals surface area (Å²) >= 11 is 5.78. The lowest BCUT2D eigenvalue weighted by atomic mass is 10.2. The van der Waals surface area contributed by atoms with Crippen LogP contribution in [0, 0.1) is 5.92 Å². The molecule has 0 aliphatic heterocycles. The lowest BCUT2D eigenvalue weighted by Gasteiger charge is -2.06. The molecule has 0 saturated heterocycles. The van der Waals surface area contributed by atoms with E-state index >= 15 is 0 Å². The molecule has 6 heteroatoms. The van der Waals surface area contributed by atoms with E-state index in [-0.39, 0.29) is 16.1 Å². The zero-order valence-electron chi connectivity index (χ0n) is 9.56.